The van der Waals surface area contributed by atoms with E-state index in [0.29, 0.717) is 34.6 Å². The normalized spacial score (nSPS) is 12.3. The van der Waals surface area contributed by atoms with Crippen LogP contribution in [-0.2, 0) is 14.3 Å². The quantitative estimate of drug-likeness (QED) is 0.457. The van der Waals surface area contributed by atoms with E-state index in [1.54, 1.807) is 19.1 Å². The summed E-state index contributed by atoms with van der Waals surface area (Å²) in [6, 6.07) is 5.08. The topological polar surface area (TPSA) is 70.4 Å². The second-order valence-corrected chi connectivity index (χ2v) is 6.69. The van der Waals surface area contributed by atoms with Crippen molar-refractivity contribution in [3.63, 3.8) is 0 Å². The fourth-order valence-electron chi connectivity index (χ4n) is 2.64. The number of halogens is 1. The highest BCUT2D eigenvalue weighted by molar-refractivity contribution is 7.17. The number of carbonyl (C=O) groups is 1. The summed E-state index contributed by atoms with van der Waals surface area (Å²) in [5.41, 5.74) is 1.04. The molecule has 3 aromatic rings. The first kappa shape index (κ1) is 19.2. The molecule has 0 fully saturated rings. The highest BCUT2D eigenvalue weighted by atomic mass is 32.1. The van der Waals surface area contributed by atoms with E-state index in [2.05, 4.69) is 4.98 Å². The zero-order chi connectivity index (χ0) is 19.4. The number of hydrogen-bond donors (Lipinski definition) is 0. The van der Waals surface area contributed by atoms with Crippen LogP contribution >= 0.6 is 11.3 Å². The highest BCUT2D eigenvalue weighted by Gasteiger charge is 2.21. The van der Waals surface area contributed by atoms with Gasteiger partial charge in [0.15, 0.2) is 0 Å². The summed E-state index contributed by atoms with van der Waals surface area (Å²) < 4.78 is 24.7. The van der Waals surface area contributed by atoms with Crippen LogP contribution in [0.25, 0.3) is 21.3 Å². The van der Waals surface area contributed by atoms with Gasteiger partial charge in [-0.1, -0.05) is 12.1 Å². The zero-order valence-electron chi connectivity index (χ0n) is 15.0. The van der Waals surface area contributed by atoms with Gasteiger partial charge in [-0.3, -0.25) is 9.36 Å². The summed E-state index contributed by atoms with van der Waals surface area (Å²) in [5.74, 6) is -0.881. The number of carbonyl (C=O) groups excluding carboxylic acids is 1. The Hall–Kier alpha value is -2.58. The third-order valence-electron chi connectivity index (χ3n) is 4.11. The summed E-state index contributed by atoms with van der Waals surface area (Å²) in [6.07, 6.45) is 1.35. The van der Waals surface area contributed by atoms with Gasteiger partial charge in [-0.25, -0.2) is 14.2 Å². The Balaban J connectivity index is 1.92. The second-order valence-electron chi connectivity index (χ2n) is 5.83. The van der Waals surface area contributed by atoms with Crippen LogP contribution in [-0.4, -0.2) is 35.3 Å². The molecule has 1 aromatic carbocycles. The Morgan fingerprint density at radius 2 is 2.04 bits per heavy atom. The van der Waals surface area contributed by atoms with Crippen molar-refractivity contribution in [3.05, 3.63) is 52.1 Å². The Morgan fingerprint density at radius 1 is 1.30 bits per heavy atom. The molecule has 0 N–H and O–H groups in total. The first-order valence-electron chi connectivity index (χ1n) is 8.51. The molecule has 142 valence electrons. The Kier molecular flexibility index (Phi) is 5.98. The third kappa shape index (κ3) is 4.06. The molecule has 1 atom stereocenters. The number of ether oxygens (including phenoxy) is 2. The molecule has 0 aliphatic rings. The van der Waals surface area contributed by atoms with Gasteiger partial charge in [-0.2, -0.15) is 0 Å². The molecule has 0 bridgehead atoms. The minimum absolute atomic E-state index is 0.126. The maximum atomic E-state index is 13.2. The maximum Gasteiger partial charge on any atom is 0.329 e. The zero-order valence-corrected chi connectivity index (χ0v) is 15.8. The van der Waals surface area contributed by atoms with Crippen LogP contribution in [0.15, 0.2) is 40.8 Å². The third-order valence-corrected chi connectivity index (χ3v) is 5.00. The number of thiophene rings is 1. The monoisotopic (exact) mass is 390 g/mol. The first-order valence-corrected chi connectivity index (χ1v) is 9.39. The van der Waals surface area contributed by atoms with Crippen molar-refractivity contribution in [2.24, 2.45) is 0 Å². The van der Waals surface area contributed by atoms with Gasteiger partial charge < -0.3 is 9.47 Å². The lowest BCUT2D eigenvalue weighted by Crippen LogP contribution is -2.30. The van der Waals surface area contributed by atoms with E-state index >= 15 is 0 Å². The van der Waals surface area contributed by atoms with Gasteiger partial charge in [0, 0.05) is 17.6 Å². The van der Waals surface area contributed by atoms with Crippen molar-refractivity contribution in [1.82, 2.24) is 9.55 Å². The van der Waals surface area contributed by atoms with E-state index < -0.39 is 12.0 Å². The van der Waals surface area contributed by atoms with Gasteiger partial charge in [0.25, 0.3) is 5.56 Å². The molecular formula is C19H19FN2O4S. The lowest BCUT2D eigenvalue weighted by atomic mass is 10.1. The number of aromatic nitrogens is 2. The van der Waals surface area contributed by atoms with Crippen molar-refractivity contribution < 1.29 is 18.7 Å². The summed E-state index contributed by atoms with van der Waals surface area (Å²) in [6.45, 7) is 4.41. The summed E-state index contributed by atoms with van der Waals surface area (Å²) in [4.78, 5) is 30.1. The number of benzene rings is 1. The molecule has 0 aliphatic heterocycles. The van der Waals surface area contributed by atoms with E-state index in [1.807, 2.05) is 12.3 Å². The van der Waals surface area contributed by atoms with Crippen molar-refractivity contribution in [2.75, 3.05) is 19.8 Å². The van der Waals surface area contributed by atoms with Crippen molar-refractivity contribution in [1.29, 1.82) is 0 Å². The minimum Gasteiger partial charge on any atom is -0.462 e. The number of rotatable bonds is 7. The standard InChI is InChI=1S/C19H19FN2O4S/c1-3-25-8-9-26-19(24)12(2)22-11-21-17-16(18(22)23)15(10-27-17)13-4-6-14(20)7-5-13/h4-7,10-12H,3,8-9H2,1-2H3. The first-order chi connectivity index (χ1) is 13.0. The molecule has 3 rings (SSSR count). The predicted octanol–water partition coefficient (Wildman–Crippen LogP) is 3.40. The number of fused-ring (bicyclic) bond motifs is 1. The number of nitrogens with zero attached hydrogens (tertiary/aromatic N) is 2. The fourth-order valence-corrected chi connectivity index (χ4v) is 3.55. The van der Waals surface area contributed by atoms with Crippen molar-refractivity contribution >= 4 is 27.5 Å². The minimum atomic E-state index is -0.822. The van der Waals surface area contributed by atoms with Crippen molar-refractivity contribution in [3.8, 4) is 11.1 Å². The van der Waals surface area contributed by atoms with Gasteiger partial charge in [0.05, 0.1) is 18.3 Å². The van der Waals surface area contributed by atoms with Crippen LogP contribution in [0.1, 0.15) is 19.9 Å². The molecule has 8 heteroatoms. The molecule has 2 heterocycles. The lowest BCUT2D eigenvalue weighted by Gasteiger charge is -2.14. The van der Waals surface area contributed by atoms with Crippen LogP contribution in [0.3, 0.4) is 0 Å². The Bertz CT molecular complexity index is 997. The molecule has 1 unspecified atom stereocenters. The van der Waals surface area contributed by atoms with Crippen LogP contribution in [0.5, 0.6) is 0 Å². The van der Waals surface area contributed by atoms with Crippen LogP contribution < -0.4 is 5.56 Å². The summed E-state index contributed by atoms with van der Waals surface area (Å²) in [5, 5.41) is 2.21. The molecule has 0 saturated heterocycles. The summed E-state index contributed by atoms with van der Waals surface area (Å²) in [7, 11) is 0. The maximum absolute atomic E-state index is 13.2. The van der Waals surface area contributed by atoms with E-state index in [1.165, 1.54) is 34.4 Å². The molecule has 2 aromatic heterocycles. The molecular weight excluding hydrogens is 371 g/mol. The molecule has 0 spiro atoms. The number of esters is 1. The molecule has 0 amide bonds. The average molecular weight is 390 g/mol. The average Bonchev–Trinajstić information content (AvgIpc) is 3.10. The van der Waals surface area contributed by atoms with Gasteiger partial charge in [-0.15, -0.1) is 11.3 Å². The van der Waals surface area contributed by atoms with Gasteiger partial charge >= 0.3 is 5.97 Å². The Morgan fingerprint density at radius 3 is 2.74 bits per heavy atom. The smallest absolute Gasteiger partial charge is 0.329 e. The molecule has 0 radical (unpaired) electrons. The van der Waals surface area contributed by atoms with E-state index in [9.17, 15) is 14.0 Å². The van der Waals surface area contributed by atoms with Crippen LogP contribution in [0, 0.1) is 5.82 Å². The molecule has 6 nitrogen and oxygen atoms in total. The van der Waals surface area contributed by atoms with E-state index in [-0.39, 0.29) is 18.0 Å². The molecule has 0 aliphatic carbocycles. The predicted molar refractivity (Wildman–Crippen MR) is 101 cm³/mol. The van der Waals surface area contributed by atoms with Gasteiger partial charge in [0.2, 0.25) is 0 Å². The van der Waals surface area contributed by atoms with Crippen LogP contribution in [0.2, 0.25) is 0 Å². The van der Waals surface area contributed by atoms with E-state index in [4.69, 9.17) is 9.47 Å². The van der Waals surface area contributed by atoms with Crippen LogP contribution in [0.4, 0.5) is 4.39 Å². The SMILES string of the molecule is CCOCCOC(=O)C(C)n1cnc2scc(-c3ccc(F)cc3)c2c1=O. The largest absolute Gasteiger partial charge is 0.462 e. The molecule has 27 heavy (non-hydrogen) atoms. The summed E-state index contributed by atoms with van der Waals surface area (Å²) >= 11 is 1.32. The molecule has 0 saturated carbocycles. The highest BCUT2D eigenvalue weighted by Crippen LogP contribution is 2.30. The number of hydrogen-bond acceptors (Lipinski definition) is 6. The lowest BCUT2D eigenvalue weighted by molar-refractivity contribution is -0.148. The van der Waals surface area contributed by atoms with E-state index in [0.717, 1.165) is 0 Å². The fraction of sp³-hybridized carbons (Fsp3) is 0.316. The Labute approximate surface area is 159 Å². The van der Waals surface area contributed by atoms with Gasteiger partial charge in [-0.05, 0) is 31.5 Å². The van der Waals surface area contributed by atoms with Gasteiger partial charge in [0.1, 0.15) is 23.3 Å². The van der Waals surface area contributed by atoms with Crippen molar-refractivity contribution in [2.45, 2.75) is 19.9 Å². The second kappa shape index (κ2) is 8.41.